The summed E-state index contributed by atoms with van der Waals surface area (Å²) in [4.78, 5) is 21.0. The van der Waals surface area contributed by atoms with Gasteiger partial charge >= 0.3 is 22.7 Å². The maximum absolute atomic E-state index is 13.5. The first-order valence-corrected chi connectivity index (χ1v) is 13.3. The number of ketones is 1. The quantitative estimate of drug-likeness (QED) is 0.245. The number of nitrogens with one attached hydrogen (secondary N) is 1. The van der Waals surface area contributed by atoms with Gasteiger partial charge in [0.1, 0.15) is 17.8 Å². The number of anilines is 1. The van der Waals surface area contributed by atoms with E-state index in [4.69, 9.17) is 5.14 Å². The third-order valence-electron chi connectivity index (χ3n) is 6.35. The Kier molecular flexibility index (Phi) is 8.40. The highest BCUT2D eigenvalue weighted by Gasteiger charge is 2.38. The van der Waals surface area contributed by atoms with Crippen LogP contribution in [-0.4, -0.2) is 57.8 Å². The first kappa shape index (κ1) is 30.4. The van der Waals surface area contributed by atoms with Crippen LogP contribution in [0.5, 0.6) is 0 Å². The van der Waals surface area contributed by atoms with Crippen molar-refractivity contribution in [3.8, 4) is 0 Å². The third-order valence-corrected chi connectivity index (χ3v) is 6.81. The summed E-state index contributed by atoms with van der Waals surface area (Å²) in [6.45, 7) is -0.918. The van der Waals surface area contributed by atoms with E-state index in [0.29, 0.717) is 12.1 Å². The van der Waals surface area contributed by atoms with Gasteiger partial charge in [0.05, 0.1) is 35.9 Å². The third kappa shape index (κ3) is 7.57. The van der Waals surface area contributed by atoms with Crippen LogP contribution in [0.2, 0.25) is 0 Å². The molecule has 0 radical (unpaired) electrons. The van der Waals surface area contributed by atoms with Gasteiger partial charge in [-0.25, -0.2) is 15.1 Å². The van der Waals surface area contributed by atoms with Crippen LogP contribution in [0, 0.1) is 5.92 Å². The lowest BCUT2D eigenvalue weighted by Crippen LogP contribution is -2.24. The Morgan fingerprint density at radius 3 is 2.54 bits per heavy atom. The normalized spacial score (nSPS) is 19.9. The van der Waals surface area contributed by atoms with E-state index in [2.05, 4.69) is 24.6 Å². The summed E-state index contributed by atoms with van der Waals surface area (Å²) in [6.07, 6.45) is -7.03. The molecule has 0 saturated heterocycles. The predicted molar refractivity (Wildman–Crippen MR) is 128 cm³/mol. The lowest BCUT2D eigenvalue weighted by molar-refractivity contribution is -0.143. The summed E-state index contributed by atoms with van der Waals surface area (Å²) >= 11 is 0. The molecule has 1 aliphatic carbocycles. The number of nitrogens with two attached hydrogens (primary N) is 1. The van der Waals surface area contributed by atoms with Crippen molar-refractivity contribution in [2.45, 2.75) is 43.9 Å². The van der Waals surface area contributed by atoms with Crippen molar-refractivity contribution >= 4 is 21.9 Å². The molecule has 18 heteroatoms. The first-order valence-electron chi connectivity index (χ1n) is 11.8. The maximum Gasteiger partial charge on any atom is 0.416 e. The van der Waals surface area contributed by atoms with Gasteiger partial charge in [-0.3, -0.25) is 13.7 Å². The standard InChI is InChI=1S/C23H22F6N6O5S/c24-22(25,26)14-2-1-12(17(6-14)23(27,28)29)9-35-4-3-18(34-35)20(37)16-8-31-11-32-21(16)33-15-5-13(19(36)7-15)10-40-41(30,38)39/h1-4,6,8,11,13,15,19,36H,5,7,9-10H2,(H2,30,38,39)(H,31,32,33)/t13-,15-,19+/m1/s1. The summed E-state index contributed by atoms with van der Waals surface area (Å²) in [6, 6.07) is 2.04. The number of alkyl halides is 6. The molecule has 2 aromatic heterocycles. The molecule has 1 aliphatic rings. The Morgan fingerprint density at radius 2 is 1.88 bits per heavy atom. The van der Waals surface area contributed by atoms with E-state index in [0.717, 1.165) is 11.0 Å². The van der Waals surface area contributed by atoms with Crippen molar-refractivity contribution in [3.05, 3.63) is 70.9 Å². The van der Waals surface area contributed by atoms with Crippen molar-refractivity contribution in [2.24, 2.45) is 11.1 Å². The Hall–Kier alpha value is -3.61. The van der Waals surface area contributed by atoms with Gasteiger partial charge in [0.25, 0.3) is 0 Å². The van der Waals surface area contributed by atoms with Crippen molar-refractivity contribution in [1.29, 1.82) is 0 Å². The second-order valence-electron chi connectivity index (χ2n) is 9.30. The summed E-state index contributed by atoms with van der Waals surface area (Å²) in [5, 5.41) is 22.0. The van der Waals surface area contributed by atoms with Gasteiger partial charge in [-0.2, -0.15) is 39.9 Å². The number of rotatable bonds is 9. The molecular weight excluding hydrogens is 586 g/mol. The van der Waals surface area contributed by atoms with E-state index >= 15 is 0 Å². The van der Waals surface area contributed by atoms with Crippen LogP contribution in [0.15, 0.2) is 43.0 Å². The fourth-order valence-corrected chi connectivity index (χ4v) is 4.79. The molecule has 0 aliphatic heterocycles. The van der Waals surface area contributed by atoms with Gasteiger partial charge in [-0.05, 0) is 36.6 Å². The fourth-order valence-electron chi connectivity index (χ4n) is 4.42. The molecule has 0 spiro atoms. The van der Waals surface area contributed by atoms with Crippen molar-refractivity contribution in [1.82, 2.24) is 19.7 Å². The molecular formula is C23H22F6N6O5S. The minimum atomic E-state index is -5.07. The zero-order chi connectivity index (χ0) is 30.2. The van der Waals surface area contributed by atoms with Crippen LogP contribution >= 0.6 is 0 Å². The zero-order valence-electron chi connectivity index (χ0n) is 20.7. The van der Waals surface area contributed by atoms with Crippen molar-refractivity contribution in [3.63, 3.8) is 0 Å². The van der Waals surface area contributed by atoms with Crippen LogP contribution in [0.25, 0.3) is 0 Å². The number of aromatic nitrogens is 4. The molecule has 3 atom stereocenters. The van der Waals surface area contributed by atoms with E-state index in [1.54, 1.807) is 0 Å². The molecule has 222 valence electrons. The summed E-state index contributed by atoms with van der Waals surface area (Å²) in [5.41, 5.74) is -3.67. The molecule has 1 aromatic carbocycles. The number of hydrogen-bond acceptors (Lipinski definition) is 9. The summed E-state index contributed by atoms with van der Waals surface area (Å²) in [7, 11) is -4.20. The van der Waals surface area contributed by atoms with Crippen molar-refractivity contribution < 1.29 is 48.8 Å². The number of halogens is 6. The van der Waals surface area contributed by atoms with E-state index in [-0.39, 0.29) is 42.6 Å². The lowest BCUT2D eigenvalue weighted by atomic mass is 10.0. The van der Waals surface area contributed by atoms with E-state index < -0.39 is 69.7 Å². The molecule has 41 heavy (non-hydrogen) atoms. The second-order valence-corrected chi connectivity index (χ2v) is 10.5. The average Bonchev–Trinajstić information content (AvgIpc) is 3.47. The van der Waals surface area contributed by atoms with E-state index in [1.165, 1.54) is 18.5 Å². The first-order chi connectivity index (χ1) is 19.0. The molecule has 1 fully saturated rings. The van der Waals surface area contributed by atoms with Crippen LogP contribution in [-0.2, 0) is 33.4 Å². The molecule has 3 aromatic rings. The number of benzene rings is 1. The Morgan fingerprint density at radius 1 is 1.15 bits per heavy atom. The van der Waals surface area contributed by atoms with Gasteiger partial charge < -0.3 is 10.4 Å². The number of nitrogens with zero attached hydrogens (tertiary/aromatic N) is 4. The van der Waals surface area contributed by atoms with Gasteiger partial charge in [0.2, 0.25) is 5.78 Å². The highest BCUT2D eigenvalue weighted by atomic mass is 32.2. The van der Waals surface area contributed by atoms with Crippen LogP contribution in [0.1, 0.15) is 45.6 Å². The topological polar surface area (TPSA) is 162 Å². The van der Waals surface area contributed by atoms with E-state index in [1.807, 2.05) is 0 Å². The molecule has 0 unspecified atom stereocenters. The number of hydrogen-bond donors (Lipinski definition) is 3. The summed E-state index contributed by atoms with van der Waals surface area (Å²) in [5.74, 6) is -1.22. The molecule has 0 amide bonds. The van der Waals surface area contributed by atoms with Gasteiger partial charge in [0, 0.05) is 24.4 Å². The molecule has 4 rings (SSSR count). The molecule has 2 heterocycles. The van der Waals surface area contributed by atoms with Gasteiger partial charge in [-0.1, -0.05) is 6.07 Å². The van der Waals surface area contributed by atoms with Crippen LogP contribution in [0.3, 0.4) is 0 Å². The number of aliphatic hydroxyl groups is 1. The molecule has 11 nitrogen and oxygen atoms in total. The minimum Gasteiger partial charge on any atom is -0.393 e. The number of aliphatic hydroxyl groups excluding tert-OH is 1. The van der Waals surface area contributed by atoms with E-state index in [9.17, 15) is 44.7 Å². The highest BCUT2D eigenvalue weighted by Crippen LogP contribution is 2.37. The molecule has 0 bridgehead atoms. The fraction of sp³-hybridized carbons (Fsp3) is 0.391. The highest BCUT2D eigenvalue weighted by molar-refractivity contribution is 7.84. The van der Waals surface area contributed by atoms with Gasteiger partial charge in [-0.15, -0.1) is 0 Å². The lowest BCUT2D eigenvalue weighted by Gasteiger charge is -2.16. The SMILES string of the molecule is NS(=O)(=O)OC[C@H]1C[C@@H](Nc2ncncc2C(=O)c2ccn(Cc3ccc(C(F)(F)F)cc3C(F)(F)F)n2)C[C@@H]1O. The monoisotopic (exact) mass is 608 g/mol. The minimum absolute atomic E-state index is 0.0236. The Balaban J connectivity index is 1.50. The molecule has 1 saturated carbocycles. The summed E-state index contributed by atoms with van der Waals surface area (Å²) < 4.78 is 107. The average molecular weight is 609 g/mol. The second kappa shape index (κ2) is 11.3. The largest absolute Gasteiger partial charge is 0.416 e. The van der Waals surface area contributed by atoms with Crippen LogP contribution in [0.4, 0.5) is 32.2 Å². The van der Waals surface area contributed by atoms with Gasteiger partial charge in [0.15, 0.2) is 0 Å². The van der Waals surface area contributed by atoms with Crippen LogP contribution < -0.4 is 10.5 Å². The predicted octanol–water partition coefficient (Wildman–Crippen LogP) is 2.76. The smallest absolute Gasteiger partial charge is 0.393 e. The maximum atomic E-state index is 13.5. The van der Waals surface area contributed by atoms with Crippen molar-refractivity contribution in [2.75, 3.05) is 11.9 Å². The number of carbonyl (C=O) groups excluding carboxylic acids is 1. The Labute approximate surface area is 228 Å². The Bertz CT molecular complexity index is 1530. The zero-order valence-corrected chi connectivity index (χ0v) is 21.5. The number of carbonyl (C=O) groups is 1. The molecule has 4 N–H and O–H groups in total.